The van der Waals surface area contributed by atoms with E-state index in [0.29, 0.717) is 12.8 Å². The van der Waals surface area contributed by atoms with Gasteiger partial charge in [0.25, 0.3) is 0 Å². The van der Waals surface area contributed by atoms with Gasteiger partial charge >= 0.3 is 31.5 Å². The van der Waals surface area contributed by atoms with E-state index in [2.05, 4.69) is 0 Å². The normalized spacial score (nSPS) is 12.2. The number of carbonyl (C=O) groups is 5. The maximum Gasteiger partial charge on any atom is 0.532 e. The highest BCUT2D eigenvalue weighted by atomic mass is 31.2. The number of aliphatic carboxylic acids is 1. The molecular weight excluding hydrogens is 679 g/mol. The van der Waals surface area contributed by atoms with Crippen molar-refractivity contribution in [1.82, 2.24) is 0 Å². The van der Waals surface area contributed by atoms with E-state index < -0.39 is 54.8 Å². The molecule has 3 N–H and O–H groups in total. The Bertz CT molecular complexity index is 1410. The summed E-state index contributed by atoms with van der Waals surface area (Å²) in [5, 5.41) is 16.3. The lowest BCUT2D eigenvalue weighted by Gasteiger charge is -2.23. The van der Waals surface area contributed by atoms with Gasteiger partial charge in [0.1, 0.15) is 17.5 Å². The number of hydrogen-bond donors (Lipinski definition) is 1. The molecule has 0 radical (unpaired) electrons. The summed E-state index contributed by atoms with van der Waals surface area (Å²) in [6, 6.07) is 19.8. The molecule has 2 rings (SSSR count). The van der Waals surface area contributed by atoms with Gasteiger partial charge in [-0.15, -0.1) is 0 Å². The summed E-state index contributed by atoms with van der Waals surface area (Å²) >= 11 is 0. The van der Waals surface area contributed by atoms with Gasteiger partial charge < -0.3 is 33.5 Å². The maximum absolute atomic E-state index is 12.5. The van der Waals surface area contributed by atoms with Crippen molar-refractivity contribution in [2.75, 3.05) is 13.2 Å². The Morgan fingerprint density at radius 3 is 1.57 bits per heavy atom. The molecule has 0 fully saturated rings. The van der Waals surface area contributed by atoms with E-state index in [1.807, 2.05) is 60.7 Å². The number of esters is 2. The van der Waals surface area contributed by atoms with E-state index in [0.717, 1.165) is 24.7 Å². The third kappa shape index (κ3) is 23.1. The van der Waals surface area contributed by atoms with E-state index in [1.165, 1.54) is 5.56 Å². The van der Waals surface area contributed by atoms with Crippen molar-refractivity contribution >= 4 is 37.8 Å². The standard InChI is InChI=1S/C17H22O4.C12H23O7P.C9H10O/c1-17(2,3)21-15(18)12-14(16(19)20)11-7-10-13-8-5-4-6-9-13;1-6-17-20(16,18-7-2)9(11(14)15)8-10(13)19-12(3,4)5;10-8-4-7-9-5-2-1-3-6-9/h4-6,8-9,11H,7,10,12H2,1-3H3,(H,19,20);9H,6-8H2,1-5H3,(H,14,15);1-3,5-6,8H,4,7H2/p+1/b14-11+;;. The summed E-state index contributed by atoms with van der Waals surface area (Å²) in [5.74, 6) is -3.48. The minimum atomic E-state index is -3.84. The molecule has 2 aromatic carbocycles. The van der Waals surface area contributed by atoms with Crippen LogP contribution in [0.25, 0.3) is 0 Å². The summed E-state index contributed by atoms with van der Waals surface area (Å²) in [6.07, 6.45) is 4.65. The summed E-state index contributed by atoms with van der Waals surface area (Å²) in [5.41, 5.74) is -0.346. The first kappa shape index (κ1) is 46.9. The van der Waals surface area contributed by atoms with Crippen molar-refractivity contribution in [2.24, 2.45) is 0 Å². The van der Waals surface area contributed by atoms with Gasteiger partial charge in [0.2, 0.25) is 5.66 Å². The highest BCUT2D eigenvalue weighted by molar-refractivity contribution is 7.55. The topological polar surface area (TPSA) is 182 Å². The fourth-order valence-electron chi connectivity index (χ4n) is 4.16. The molecule has 0 amide bonds. The van der Waals surface area contributed by atoms with Gasteiger partial charge in [0.05, 0.1) is 26.1 Å². The molecule has 0 saturated carbocycles. The Labute approximate surface area is 302 Å². The Kier molecular flexibility index (Phi) is 22.2. The zero-order valence-corrected chi connectivity index (χ0v) is 32.0. The van der Waals surface area contributed by atoms with Crippen LogP contribution in [0.15, 0.2) is 72.3 Å². The van der Waals surface area contributed by atoms with Gasteiger partial charge in [-0.1, -0.05) is 66.7 Å². The van der Waals surface area contributed by atoms with Crippen LogP contribution < -0.4 is 0 Å². The highest BCUT2D eigenvalue weighted by Gasteiger charge is 2.48. The first-order valence-electron chi connectivity index (χ1n) is 16.8. The van der Waals surface area contributed by atoms with E-state index in [-0.39, 0.29) is 25.2 Å². The Morgan fingerprint density at radius 1 is 0.765 bits per heavy atom. The predicted molar refractivity (Wildman–Crippen MR) is 196 cm³/mol. The molecule has 12 nitrogen and oxygen atoms in total. The van der Waals surface area contributed by atoms with Gasteiger partial charge in [-0.25, -0.2) is 4.79 Å². The van der Waals surface area contributed by atoms with E-state index in [4.69, 9.17) is 28.7 Å². The number of carbonyl (C=O) groups excluding carboxylic acids is 4. The number of carboxylic acids is 1. The molecule has 0 aliphatic rings. The molecule has 1 unspecified atom stereocenters. The number of rotatable bonds is 17. The van der Waals surface area contributed by atoms with E-state index in [1.54, 1.807) is 61.5 Å². The van der Waals surface area contributed by atoms with Crippen LogP contribution in [0.2, 0.25) is 0 Å². The fourth-order valence-corrected chi connectivity index (χ4v) is 5.98. The number of aryl methyl sites for hydroxylation is 2. The summed E-state index contributed by atoms with van der Waals surface area (Å²) in [4.78, 5) is 55.9. The fraction of sp³-hybridized carbons (Fsp3) is 0.500. The molecule has 0 spiro atoms. The van der Waals surface area contributed by atoms with Crippen LogP contribution in [0.3, 0.4) is 0 Å². The van der Waals surface area contributed by atoms with E-state index in [9.17, 15) is 28.5 Å². The van der Waals surface area contributed by atoms with Gasteiger partial charge in [-0.2, -0.15) is 0 Å². The lowest BCUT2D eigenvalue weighted by Crippen LogP contribution is -2.31. The van der Waals surface area contributed by atoms with Crippen LogP contribution in [0.5, 0.6) is 0 Å². The van der Waals surface area contributed by atoms with E-state index >= 15 is 0 Å². The van der Waals surface area contributed by atoms with Crippen molar-refractivity contribution in [3.05, 3.63) is 83.4 Å². The molecule has 13 heteroatoms. The second kappa shape index (κ2) is 24.1. The molecule has 284 valence electrons. The third-order valence-electron chi connectivity index (χ3n) is 6.17. The molecule has 51 heavy (non-hydrogen) atoms. The minimum Gasteiger partial charge on any atom is -0.564 e. The summed E-state index contributed by atoms with van der Waals surface area (Å²) in [7, 11) is -3.84. The molecule has 1 atom stereocenters. The molecule has 0 bridgehead atoms. The molecule has 0 heterocycles. The van der Waals surface area contributed by atoms with Crippen LogP contribution in [0, 0.1) is 0 Å². The number of benzene rings is 2. The van der Waals surface area contributed by atoms with Gasteiger partial charge in [0, 0.05) is 16.8 Å². The maximum atomic E-state index is 12.5. The zero-order valence-electron chi connectivity index (χ0n) is 31.1. The predicted octanol–water partition coefficient (Wildman–Crippen LogP) is 6.78. The van der Waals surface area contributed by atoms with Crippen LogP contribution >= 0.6 is 7.60 Å². The average Bonchev–Trinajstić information content (AvgIpc) is 3.02. The van der Waals surface area contributed by atoms with Crippen molar-refractivity contribution in [1.29, 1.82) is 0 Å². The number of aldehydes is 1. The largest absolute Gasteiger partial charge is 0.564 e. The van der Waals surface area contributed by atoms with Crippen molar-refractivity contribution in [3.8, 4) is 0 Å². The van der Waals surface area contributed by atoms with Crippen molar-refractivity contribution < 1.29 is 57.3 Å². The average molecular weight is 736 g/mol. The second-order valence-corrected chi connectivity index (χ2v) is 15.3. The van der Waals surface area contributed by atoms with Crippen LogP contribution in [-0.4, -0.2) is 70.5 Å². The van der Waals surface area contributed by atoms with Crippen LogP contribution in [0.4, 0.5) is 0 Å². The molecule has 0 aliphatic carbocycles. The van der Waals surface area contributed by atoms with Gasteiger partial charge in [0.15, 0.2) is 0 Å². The molecule has 0 aliphatic heterocycles. The first-order valence-corrected chi connectivity index (χ1v) is 18.4. The number of allylic oxidation sites excluding steroid dienone is 1. The smallest absolute Gasteiger partial charge is 0.532 e. The summed E-state index contributed by atoms with van der Waals surface area (Å²) < 4.78 is 32.7. The third-order valence-corrected chi connectivity index (χ3v) is 8.59. The Morgan fingerprint density at radius 2 is 1.20 bits per heavy atom. The Balaban J connectivity index is 0.000000778. The molecule has 2 aromatic rings. The SMILES string of the molecule is CC(C)(C)OC(=O)C/C(=C\CCc1ccccc1)C(=O)O.CCOP(=O)(OCC)C(CC(=O)OC(C)(C)C)C(=O)[OH2+].O=CCCc1ccccc1. The van der Waals surface area contributed by atoms with Crippen LogP contribution in [0.1, 0.15) is 92.2 Å². The lowest BCUT2D eigenvalue weighted by molar-refractivity contribution is -0.157. The number of ether oxygens (including phenoxy) is 2. The quantitative estimate of drug-likeness (QED) is 0.0594. The van der Waals surface area contributed by atoms with Crippen molar-refractivity contribution in [2.45, 2.75) is 111 Å². The first-order chi connectivity index (χ1) is 23.8. The molecule has 0 aromatic heterocycles. The van der Waals surface area contributed by atoms with Crippen LogP contribution in [-0.2, 0) is 59.9 Å². The Hall–Kier alpha value is -4.12. The van der Waals surface area contributed by atoms with Gasteiger partial charge in [-0.3, -0.25) is 14.2 Å². The van der Waals surface area contributed by atoms with Crippen molar-refractivity contribution in [3.63, 3.8) is 0 Å². The van der Waals surface area contributed by atoms with Gasteiger partial charge in [-0.05, 0) is 85.8 Å². The second-order valence-electron chi connectivity index (χ2n) is 13.1. The molecular formula is C38H56O12P+. The monoisotopic (exact) mass is 735 g/mol. The highest BCUT2D eigenvalue weighted by Crippen LogP contribution is 2.54. The summed E-state index contributed by atoms with van der Waals surface area (Å²) in [6.45, 7) is 13.6. The lowest BCUT2D eigenvalue weighted by atomic mass is 10.1. The number of carboxylic acid groups (broad SMARTS) is 1. The zero-order chi connectivity index (χ0) is 39.1. The number of hydrogen-bond acceptors (Lipinski definition) is 10. The minimum absolute atomic E-state index is 0.0510. The molecule has 0 saturated heterocycles.